The van der Waals surface area contributed by atoms with Gasteiger partial charge in [-0.25, -0.2) is 4.79 Å². The third-order valence-electron chi connectivity index (χ3n) is 4.27. The van der Waals surface area contributed by atoms with Crippen LogP contribution in [0.25, 0.3) is 0 Å². The van der Waals surface area contributed by atoms with Gasteiger partial charge in [-0.3, -0.25) is 4.79 Å². The second kappa shape index (κ2) is 11.8. The highest BCUT2D eigenvalue weighted by Gasteiger charge is 2.32. The van der Waals surface area contributed by atoms with E-state index in [1.807, 2.05) is 0 Å². The number of ether oxygens (including phenoxy) is 2. The van der Waals surface area contributed by atoms with Crippen molar-refractivity contribution in [2.45, 2.75) is 58.7 Å². The van der Waals surface area contributed by atoms with Gasteiger partial charge in [0, 0.05) is 25.7 Å². The Morgan fingerprint density at radius 3 is 2.03 bits per heavy atom. The van der Waals surface area contributed by atoms with E-state index in [0.717, 1.165) is 12.1 Å². The standard InChI is InChI=1S/C20H29F3N2O5/c1-5-29-17(30-6-2)12-25(13(3)4)18(26)16(24-19(27)28)11-14-7-9-15(10-8-14)20(21,22)23/h7-10,13,16-17,24H,5-6,11-12H2,1-4H3,(H,27,28). The number of amides is 2. The maximum Gasteiger partial charge on any atom is 0.416 e. The van der Waals surface area contributed by atoms with E-state index in [0.29, 0.717) is 18.8 Å². The molecule has 1 aromatic carbocycles. The predicted molar refractivity (Wildman–Crippen MR) is 104 cm³/mol. The van der Waals surface area contributed by atoms with Gasteiger partial charge in [0.1, 0.15) is 6.04 Å². The molecule has 0 saturated heterocycles. The Morgan fingerprint density at radius 2 is 1.63 bits per heavy atom. The SMILES string of the molecule is CCOC(CN(C(=O)C(Cc1ccc(C(F)(F)F)cc1)NC(=O)O)C(C)C)OCC. The Morgan fingerprint density at radius 1 is 1.10 bits per heavy atom. The molecule has 0 aromatic heterocycles. The van der Waals surface area contributed by atoms with Crippen molar-refractivity contribution in [3.05, 3.63) is 35.4 Å². The van der Waals surface area contributed by atoms with Crippen molar-refractivity contribution in [2.24, 2.45) is 0 Å². The fourth-order valence-electron chi connectivity index (χ4n) is 2.86. The molecule has 0 saturated carbocycles. The zero-order valence-corrected chi connectivity index (χ0v) is 17.5. The molecule has 0 bridgehead atoms. The smallest absolute Gasteiger partial charge is 0.416 e. The van der Waals surface area contributed by atoms with Gasteiger partial charge in [-0.2, -0.15) is 13.2 Å². The Balaban J connectivity index is 3.05. The van der Waals surface area contributed by atoms with Crippen LogP contribution in [0.4, 0.5) is 18.0 Å². The number of hydrogen-bond donors (Lipinski definition) is 2. The monoisotopic (exact) mass is 434 g/mol. The lowest BCUT2D eigenvalue weighted by molar-refractivity contribution is -0.162. The van der Waals surface area contributed by atoms with Crippen molar-refractivity contribution in [3.8, 4) is 0 Å². The van der Waals surface area contributed by atoms with Crippen molar-refractivity contribution < 1.29 is 37.3 Å². The molecule has 1 unspecified atom stereocenters. The van der Waals surface area contributed by atoms with Gasteiger partial charge < -0.3 is 24.8 Å². The second-order valence-electron chi connectivity index (χ2n) is 6.83. The molecule has 0 aliphatic rings. The first kappa shape index (κ1) is 25.7. The lowest BCUT2D eigenvalue weighted by Gasteiger charge is -2.33. The summed E-state index contributed by atoms with van der Waals surface area (Å²) in [7, 11) is 0. The van der Waals surface area contributed by atoms with Crippen molar-refractivity contribution >= 4 is 12.0 Å². The molecule has 0 aliphatic heterocycles. The normalized spacial score (nSPS) is 12.8. The summed E-state index contributed by atoms with van der Waals surface area (Å²) < 4.78 is 49.2. The maximum absolute atomic E-state index is 13.1. The Bertz CT molecular complexity index is 674. The lowest BCUT2D eigenvalue weighted by atomic mass is 10.0. The Kier molecular flexibility index (Phi) is 10.1. The molecule has 1 rings (SSSR count). The number of hydrogen-bond acceptors (Lipinski definition) is 4. The number of carbonyl (C=O) groups excluding carboxylic acids is 1. The van der Waals surface area contributed by atoms with Crippen LogP contribution in [-0.2, 0) is 26.9 Å². The molecule has 170 valence electrons. The third kappa shape index (κ3) is 8.19. The summed E-state index contributed by atoms with van der Waals surface area (Å²) in [5.41, 5.74) is -0.426. The molecule has 30 heavy (non-hydrogen) atoms. The molecule has 2 N–H and O–H groups in total. The second-order valence-corrected chi connectivity index (χ2v) is 6.83. The van der Waals surface area contributed by atoms with Gasteiger partial charge in [-0.15, -0.1) is 0 Å². The summed E-state index contributed by atoms with van der Waals surface area (Å²) in [6.45, 7) is 7.93. The van der Waals surface area contributed by atoms with E-state index in [-0.39, 0.29) is 19.0 Å². The zero-order chi connectivity index (χ0) is 22.9. The van der Waals surface area contributed by atoms with Crippen molar-refractivity contribution in [3.63, 3.8) is 0 Å². The molecule has 1 atom stereocenters. The van der Waals surface area contributed by atoms with Crippen LogP contribution in [0.15, 0.2) is 24.3 Å². The van der Waals surface area contributed by atoms with Gasteiger partial charge in [-0.1, -0.05) is 12.1 Å². The van der Waals surface area contributed by atoms with Gasteiger partial charge in [0.25, 0.3) is 0 Å². The molecule has 7 nitrogen and oxygen atoms in total. The minimum atomic E-state index is -4.48. The van der Waals surface area contributed by atoms with E-state index in [1.165, 1.54) is 17.0 Å². The molecule has 0 radical (unpaired) electrons. The Labute approximate surface area is 174 Å². The van der Waals surface area contributed by atoms with Crippen molar-refractivity contribution in [1.29, 1.82) is 0 Å². The van der Waals surface area contributed by atoms with Crippen LogP contribution in [0.1, 0.15) is 38.8 Å². The molecule has 2 amide bonds. The Hall–Kier alpha value is -2.33. The first-order valence-electron chi connectivity index (χ1n) is 9.68. The van der Waals surface area contributed by atoms with Crippen LogP contribution < -0.4 is 5.32 Å². The highest BCUT2D eigenvalue weighted by atomic mass is 19.4. The minimum Gasteiger partial charge on any atom is -0.465 e. The van der Waals surface area contributed by atoms with Gasteiger partial charge in [0.2, 0.25) is 5.91 Å². The summed E-state index contributed by atoms with van der Waals surface area (Å²) >= 11 is 0. The number of benzene rings is 1. The number of carbonyl (C=O) groups is 2. The number of rotatable bonds is 11. The van der Waals surface area contributed by atoms with E-state index in [9.17, 15) is 22.8 Å². The first-order chi connectivity index (χ1) is 14.0. The molecule has 1 aromatic rings. The third-order valence-corrected chi connectivity index (χ3v) is 4.27. The van der Waals surface area contributed by atoms with Gasteiger partial charge in [0.05, 0.1) is 12.1 Å². The summed E-state index contributed by atoms with van der Waals surface area (Å²) in [6, 6.07) is 2.80. The number of carboxylic acid groups (broad SMARTS) is 1. The molecule has 0 heterocycles. The zero-order valence-electron chi connectivity index (χ0n) is 17.5. The molecule has 0 spiro atoms. The molecule has 0 aliphatic carbocycles. The van der Waals surface area contributed by atoms with Crippen LogP contribution in [0.3, 0.4) is 0 Å². The van der Waals surface area contributed by atoms with Gasteiger partial charge >= 0.3 is 12.3 Å². The van der Waals surface area contributed by atoms with E-state index in [4.69, 9.17) is 14.6 Å². The quantitative estimate of drug-likeness (QED) is 0.521. The van der Waals surface area contributed by atoms with Gasteiger partial charge in [-0.05, 0) is 45.4 Å². The van der Waals surface area contributed by atoms with Crippen LogP contribution in [0, 0.1) is 0 Å². The first-order valence-corrected chi connectivity index (χ1v) is 9.68. The molecule has 10 heteroatoms. The van der Waals surface area contributed by atoms with Crippen LogP contribution >= 0.6 is 0 Å². The summed E-state index contributed by atoms with van der Waals surface area (Å²) in [4.78, 5) is 25.8. The maximum atomic E-state index is 13.1. The lowest BCUT2D eigenvalue weighted by Crippen LogP contribution is -2.53. The average molecular weight is 434 g/mol. The van der Waals surface area contributed by atoms with Crippen LogP contribution in [0.5, 0.6) is 0 Å². The van der Waals surface area contributed by atoms with E-state index in [2.05, 4.69) is 5.32 Å². The van der Waals surface area contributed by atoms with Gasteiger partial charge in [0.15, 0.2) is 6.29 Å². The molecular weight excluding hydrogens is 405 g/mol. The van der Waals surface area contributed by atoms with Crippen molar-refractivity contribution in [2.75, 3.05) is 19.8 Å². The number of alkyl halides is 3. The topological polar surface area (TPSA) is 88.1 Å². The van der Waals surface area contributed by atoms with Crippen LogP contribution in [-0.4, -0.2) is 60.1 Å². The summed E-state index contributed by atoms with van der Waals surface area (Å²) in [5, 5.41) is 11.3. The minimum absolute atomic E-state index is 0.0863. The van der Waals surface area contributed by atoms with E-state index >= 15 is 0 Å². The molecular formula is C20H29F3N2O5. The van der Waals surface area contributed by atoms with E-state index in [1.54, 1.807) is 27.7 Å². The fraction of sp³-hybridized carbons (Fsp3) is 0.600. The van der Waals surface area contributed by atoms with E-state index < -0.39 is 36.1 Å². The largest absolute Gasteiger partial charge is 0.465 e. The van der Waals surface area contributed by atoms with Crippen molar-refractivity contribution in [1.82, 2.24) is 10.2 Å². The number of nitrogens with zero attached hydrogens (tertiary/aromatic N) is 1. The predicted octanol–water partition coefficient (Wildman–Crippen LogP) is 3.52. The number of nitrogens with one attached hydrogen (secondary N) is 1. The highest BCUT2D eigenvalue weighted by Crippen LogP contribution is 2.29. The highest BCUT2D eigenvalue weighted by molar-refractivity contribution is 5.85. The van der Waals surface area contributed by atoms with Crippen LogP contribution in [0.2, 0.25) is 0 Å². The summed E-state index contributed by atoms with van der Waals surface area (Å²) in [5.74, 6) is -0.517. The fourth-order valence-corrected chi connectivity index (χ4v) is 2.86. The number of halogens is 3. The summed E-state index contributed by atoms with van der Waals surface area (Å²) in [6.07, 6.45) is -6.66. The average Bonchev–Trinajstić information content (AvgIpc) is 2.64. The molecule has 0 fully saturated rings.